The molecule has 0 aliphatic carbocycles. The number of hydrogen-bond acceptors (Lipinski definition) is 6. The number of nitrogens with zero attached hydrogens (tertiary/aromatic N) is 2. The van der Waals surface area contributed by atoms with Crippen LogP contribution in [0, 0.1) is 10.1 Å². The molecule has 0 aliphatic heterocycles. The third kappa shape index (κ3) is 3.68. The summed E-state index contributed by atoms with van der Waals surface area (Å²) in [6.07, 6.45) is 0.263. The summed E-state index contributed by atoms with van der Waals surface area (Å²) in [7, 11) is 0. The molecule has 1 amide bonds. The van der Waals surface area contributed by atoms with Gasteiger partial charge < -0.3 is 15.1 Å². The van der Waals surface area contributed by atoms with Gasteiger partial charge in [-0.1, -0.05) is 6.07 Å². The maximum atomic E-state index is 11.5. The van der Waals surface area contributed by atoms with Gasteiger partial charge in [0.05, 0.1) is 4.92 Å². The summed E-state index contributed by atoms with van der Waals surface area (Å²) in [4.78, 5) is 25.9. The third-order valence-corrected chi connectivity index (χ3v) is 2.67. The first-order valence-electron chi connectivity index (χ1n) is 6.54. The molecule has 2 N–H and O–H groups in total. The molecule has 0 aliphatic rings. The molecule has 0 saturated carbocycles. The summed E-state index contributed by atoms with van der Waals surface area (Å²) < 4.78 is 5.36. The maximum absolute atomic E-state index is 11.5. The third-order valence-electron chi connectivity index (χ3n) is 2.67. The number of nitrogens with one attached hydrogen (secondary N) is 2. The molecule has 0 spiro atoms. The lowest BCUT2D eigenvalue weighted by molar-refractivity contribution is -0.383. The van der Waals surface area contributed by atoms with Crippen LogP contribution < -0.4 is 10.6 Å². The van der Waals surface area contributed by atoms with E-state index in [2.05, 4.69) is 15.6 Å². The van der Waals surface area contributed by atoms with Gasteiger partial charge in [0.25, 0.3) is 11.7 Å². The SMILES string of the molecule is CC(C)NC(=O)CCNc1nc2c([N+](=O)[O-])cccc2o1. The summed E-state index contributed by atoms with van der Waals surface area (Å²) in [6.45, 7) is 4.09. The van der Waals surface area contributed by atoms with E-state index in [1.54, 1.807) is 6.07 Å². The highest BCUT2D eigenvalue weighted by molar-refractivity contribution is 5.84. The molecule has 0 unspecified atom stereocenters. The predicted molar refractivity (Wildman–Crippen MR) is 77.0 cm³/mol. The Morgan fingerprint density at radius 3 is 2.90 bits per heavy atom. The number of amides is 1. The van der Waals surface area contributed by atoms with Crippen LogP contribution in [0.3, 0.4) is 0 Å². The predicted octanol–water partition coefficient (Wildman–Crippen LogP) is 2.06. The largest absolute Gasteiger partial charge is 0.423 e. The Balaban J connectivity index is 2.02. The van der Waals surface area contributed by atoms with Crippen molar-refractivity contribution >= 4 is 28.7 Å². The molecule has 0 bridgehead atoms. The van der Waals surface area contributed by atoms with Crippen LogP contribution in [0.5, 0.6) is 0 Å². The number of fused-ring (bicyclic) bond motifs is 1. The second kappa shape index (κ2) is 6.21. The van der Waals surface area contributed by atoms with Gasteiger partial charge in [0.15, 0.2) is 11.1 Å². The number of carbonyl (C=O) groups is 1. The molecule has 21 heavy (non-hydrogen) atoms. The monoisotopic (exact) mass is 292 g/mol. The van der Waals surface area contributed by atoms with Crippen molar-refractivity contribution in [2.24, 2.45) is 0 Å². The van der Waals surface area contributed by atoms with E-state index >= 15 is 0 Å². The molecule has 1 aromatic carbocycles. The van der Waals surface area contributed by atoms with Gasteiger partial charge in [-0.2, -0.15) is 4.98 Å². The van der Waals surface area contributed by atoms with Crippen LogP contribution >= 0.6 is 0 Å². The molecular weight excluding hydrogens is 276 g/mol. The molecule has 0 radical (unpaired) electrons. The Morgan fingerprint density at radius 2 is 2.24 bits per heavy atom. The molecule has 0 saturated heterocycles. The number of non-ortho nitro benzene ring substituents is 1. The number of aromatic nitrogens is 1. The van der Waals surface area contributed by atoms with E-state index in [0.29, 0.717) is 12.1 Å². The van der Waals surface area contributed by atoms with Gasteiger partial charge in [-0.15, -0.1) is 0 Å². The molecule has 1 aromatic heterocycles. The van der Waals surface area contributed by atoms with E-state index in [4.69, 9.17) is 4.42 Å². The molecule has 112 valence electrons. The fourth-order valence-electron chi connectivity index (χ4n) is 1.83. The number of benzene rings is 1. The van der Waals surface area contributed by atoms with Crippen molar-refractivity contribution in [3.63, 3.8) is 0 Å². The number of oxazole rings is 1. The average molecular weight is 292 g/mol. The first-order valence-corrected chi connectivity index (χ1v) is 6.54. The Kier molecular flexibility index (Phi) is 4.36. The van der Waals surface area contributed by atoms with Crippen molar-refractivity contribution < 1.29 is 14.1 Å². The number of nitro groups is 1. The first-order chi connectivity index (χ1) is 9.97. The van der Waals surface area contributed by atoms with Gasteiger partial charge in [-0.05, 0) is 19.9 Å². The van der Waals surface area contributed by atoms with Crippen LogP contribution in [0.4, 0.5) is 11.7 Å². The molecule has 8 heteroatoms. The number of anilines is 1. The second-order valence-corrected chi connectivity index (χ2v) is 4.80. The van der Waals surface area contributed by atoms with Gasteiger partial charge in [0, 0.05) is 25.1 Å². The Hall–Kier alpha value is -2.64. The first kappa shape index (κ1) is 14.8. The van der Waals surface area contributed by atoms with Crippen molar-refractivity contribution in [2.45, 2.75) is 26.3 Å². The van der Waals surface area contributed by atoms with E-state index in [9.17, 15) is 14.9 Å². The number of rotatable bonds is 6. The van der Waals surface area contributed by atoms with Crippen molar-refractivity contribution in [1.29, 1.82) is 0 Å². The van der Waals surface area contributed by atoms with E-state index in [1.807, 2.05) is 13.8 Å². The van der Waals surface area contributed by atoms with Crippen LogP contribution in [-0.4, -0.2) is 28.4 Å². The normalized spacial score (nSPS) is 10.8. The standard InChI is InChI=1S/C13H16N4O4/c1-8(2)15-11(18)6-7-14-13-16-12-9(17(19)20)4-3-5-10(12)21-13/h3-5,8H,6-7H2,1-2H3,(H,14,16)(H,15,18). The average Bonchev–Trinajstić information content (AvgIpc) is 2.79. The van der Waals surface area contributed by atoms with Crippen molar-refractivity contribution in [1.82, 2.24) is 10.3 Å². The highest BCUT2D eigenvalue weighted by Gasteiger charge is 2.17. The molecule has 1 heterocycles. The zero-order valence-corrected chi connectivity index (χ0v) is 11.8. The lowest BCUT2D eigenvalue weighted by atomic mass is 10.3. The van der Waals surface area contributed by atoms with Gasteiger partial charge in [0.2, 0.25) is 5.91 Å². The molecule has 0 fully saturated rings. The van der Waals surface area contributed by atoms with Crippen LogP contribution in [0.2, 0.25) is 0 Å². The van der Waals surface area contributed by atoms with Gasteiger partial charge in [0.1, 0.15) is 0 Å². The maximum Gasteiger partial charge on any atom is 0.298 e. The minimum atomic E-state index is -0.509. The highest BCUT2D eigenvalue weighted by atomic mass is 16.6. The van der Waals surface area contributed by atoms with Crippen LogP contribution in [0.15, 0.2) is 22.6 Å². The minimum absolute atomic E-state index is 0.0837. The molecule has 0 atom stereocenters. The van der Waals surface area contributed by atoms with Gasteiger partial charge in [-0.25, -0.2) is 0 Å². The van der Waals surface area contributed by atoms with Crippen LogP contribution in [0.25, 0.3) is 11.1 Å². The fourth-order valence-corrected chi connectivity index (χ4v) is 1.83. The van der Waals surface area contributed by atoms with E-state index in [-0.39, 0.29) is 35.6 Å². The Bertz CT molecular complexity index is 665. The van der Waals surface area contributed by atoms with Gasteiger partial charge in [-0.3, -0.25) is 14.9 Å². The summed E-state index contributed by atoms with van der Waals surface area (Å²) in [5, 5.41) is 16.5. The zero-order valence-electron chi connectivity index (χ0n) is 11.8. The fraction of sp³-hybridized carbons (Fsp3) is 0.385. The Labute approximate surface area is 120 Å². The van der Waals surface area contributed by atoms with E-state index in [1.165, 1.54) is 12.1 Å². The zero-order chi connectivity index (χ0) is 15.4. The second-order valence-electron chi connectivity index (χ2n) is 4.80. The quantitative estimate of drug-likeness (QED) is 0.623. The van der Waals surface area contributed by atoms with Crippen LogP contribution in [0.1, 0.15) is 20.3 Å². The molecular formula is C13H16N4O4. The number of nitro benzene ring substituents is 1. The Morgan fingerprint density at radius 1 is 1.48 bits per heavy atom. The summed E-state index contributed by atoms with van der Waals surface area (Å²) in [5.41, 5.74) is 0.414. The topological polar surface area (TPSA) is 110 Å². The van der Waals surface area contributed by atoms with Gasteiger partial charge >= 0.3 is 0 Å². The van der Waals surface area contributed by atoms with Crippen molar-refractivity contribution in [2.75, 3.05) is 11.9 Å². The lowest BCUT2D eigenvalue weighted by Gasteiger charge is -2.07. The highest BCUT2D eigenvalue weighted by Crippen LogP contribution is 2.27. The van der Waals surface area contributed by atoms with Crippen molar-refractivity contribution in [3.8, 4) is 0 Å². The molecule has 8 nitrogen and oxygen atoms in total. The molecule has 2 aromatic rings. The molecule has 2 rings (SSSR count). The summed E-state index contributed by atoms with van der Waals surface area (Å²) in [5.74, 6) is -0.0837. The van der Waals surface area contributed by atoms with Crippen LogP contribution in [-0.2, 0) is 4.79 Å². The summed E-state index contributed by atoms with van der Waals surface area (Å²) >= 11 is 0. The van der Waals surface area contributed by atoms with E-state index in [0.717, 1.165) is 0 Å². The number of carbonyl (C=O) groups excluding carboxylic acids is 1. The number of hydrogen-bond donors (Lipinski definition) is 2. The smallest absolute Gasteiger partial charge is 0.298 e. The van der Waals surface area contributed by atoms with E-state index < -0.39 is 4.92 Å². The number of para-hydroxylation sites is 1. The summed E-state index contributed by atoms with van der Waals surface area (Å²) in [6, 6.07) is 4.75. The lowest BCUT2D eigenvalue weighted by Crippen LogP contribution is -2.31. The van der Waals surface area contributed by atoms with Crippen molar-refractivity contribution in [3.05, 3.63) is 28.3 Å². The minimum Gasteiger partial charge on any atom is -0.423 e.